The van der Waals surface area contributed by atoms with Crippen molar-refractivity contribution >= 4 is 5.91 Å². The lowest BCUT2D eigenvalue weighted by molar-refractivity contribution is -0.122. The van der Waals surface area contributed by atoms with Gasteiger partial charge in [-0.25, -0.2) is 0 Å². The molecular formula is C11H20N2O2. The second-order valence-electron chi connectivity index (χ2n) is 4.13. The van der Waals surface area contributed by atoms with Crippen molar-refractivity contribution in [1.29, 1.82) is 0 Å². The Morgan fingerprint density at radius 1 is 1.67 bits per heavy atom. The molecule has 0 spiro atoms. The summed E-state index contributed by atoms with van der Waals surface area (Å²) in [7, 11) is 0. The molecule has 1 fully saturated rings. The van der Waals surface area contributed by atoms with E-state index < -0.39 is 6.04 Å². The molecule has 1 rings (SSSR count). The Morgan fingerprint density at radius 2 is 2.40 bits per heavy atom. The zero-order valence-corrected chi connectivity index (χ0v) is 8.98. The predicted octanol–water partition coefficient (Wildman–Crippen LogP) is 0.167. The minimum absolute atomic E-state index is 0.158. The fraction of sp³-hybridized carbons (Fsp3) is 0.727. The van der Waals surface area contributed by atoms with E-state index in [4.69, 9.17) is 5.73 Å². The molecule has 86 valence electrons. The molecule has 1 saturated carbocycles. The van der Waals surface area contributed by atoms with Gasteiger partial charge in [0.2, 0.25) is 5.91 Å². The molecule has 3 unspecified atom stereocenters. The Hall–Kier alpha value is -0.870. The van der Waals surface area contributed by atoms with Crippen LogP contribution in [0, 0.1) is 5.92 Å². The third-order valence-electron chi connectivity index (χ3n) is 2.91. The molecular weight excluding hydrogens is 192 g/mol. The minimum Gasteiger partial charge on any atom is -0.393 e. The first kappa shape index (κ1) is 12.2. The summed E-state index contributed by atoms with van der Waals surface area (Å²) in [4.78, 5) is 11.4. The normalized spacial score (nSPS) is 27.3. The fourth-order valence-corrected chi connectivity index (χ4v) is 1.90. The number of aliphatic hydroxyl groups is 1. The van der Waals surface area contributed by atoms with Crippen LogP contribution in [0.5, 0.6) is 0 Å². The summed E-state index contributed by atoms with van der Waals surface area (Å²) < 4.78 is 0. The highest BCUT2D eigenvalue weighted by atomic mass is 16.3. The van der Waals surface area contributed by atoms with Crippen molar-refractivity contribution < 1.29 is 9.90 Å². The fourth-order valence-electron chi connectivity index (χ4n) is 1.90. The molecule has 1 aliphatic carbocycles. The molecule has 4 nitrogen and oxygen atoms in total. The van der Waals surface area contributed by atoms with Crippen molar-refractivity contribution in [2.24, 2.45) is 11.7 Å². The lowest BCUT2D eigenvalue weighted by atomic mass is 10.1. The molecule has 0 saturated heterocycles. The van der Waals surface area contributed by atoms with E-state index in [0.717, 1.165) is 19.3 Å². The van der Waals surface area contributed by atoms with E-state index in [9.17, 15) is 9.90 Å². The van der Waals surface area contributed by atoms with Gasteiger partial charge < -0.3 is 16.2 Å². The van der Waals surface area contributed by atoms with Gasteiger partial charge in [0.15, 0.2) is 0 Å². The number of rotatable bonds is 5. The van der Waals surface area contributed by atoms with Crippen molar-refractivity contribution in [2.45, 2.75) is 37.8 Å². The number of hydrogen-bond acceptors (Lipinski definition) is 3. The summed E-state index contributed by atoms with van der Waals surface area (Å²) in [5.41, 5.74) is 5.60. The van der Waals surface area contributed by atoms with Crippen LogP contribution < -0.4 is 11.1 Å². The Bertz CT molecular complexity index is 231. The van der Waals surface area contributed by atoms with E-state index in [1.54, 1.807) is 6.08 Å². The van der Waals surface area contributed by atoms with Gasteiger partial charge in [-0.05, 0) is 19.3 Å². The Morgan fingerprint density at radius 3 is 2.93 bits per heavy atom. The molecule has 15 heavy (non-hydrogen) atoms. The van der Waals surface area contributed by atoms with E-state index in [1.807, 2.05) is 0 Å². The van der Waals surface area contributed by atoms with Crippen LogP contribution in [-0.4, -0.2) is 29.7 Å². The molecule has 1 aliphatic rings. The Balaban J connectivity index is 2.24. The van der Waals surface area contributed by atoms with Crippen LogP contribution in [-0.2, 0) is 4.79 Å². The minimum atomic E-state index is -0.513. The molecule has 1 amide bonds. The maximum absolute atomic E-state index is 11.4. The van der Waals surface area contributed by atoms with E-state index in [1.165, 1.54) is 0 Å². The maximum Gasteiger partial charge on any atom is 0.237 e. The van der Waals surface area contributed by atoms with Crippen molar-refractivity contribution in [1.82, 2.24) is 5.32 Å². The summed E-state index contributed by atoms with van der Waals surface area (Å²) >= 11 is 0. The number of carbonyl (C=O) groups is 1. The third-order valence-corrected chi connectivity index (χ3v) is 2.91. The lowest BCUT2D eigenvalue weighted by Gasteiger charge is -2.16. The van der Waals surface area contributed by atoms with Gasteiger partial charge in [0.05, 0.1) is 12.1 Å². The van der Waals surface area contributed by atoms with Crippen molar-refractivity contribution in [2.75, 3.05) is 6.54 Å². The molecule has 0 heterocycles. The van der Waals surface area contributed by atoms with Crippen molar-refractivity contribution in [3.8, 4) is 0 Å². The zero-order chi connectivity index (χ0) is 11.3. The van der Waals surface area contributed by atoms with Gasteiger partial charge in [0.25, 0.3) is 0 Å². The third kappa shape index (κ3) is 3.64. The molecule has 0 aromatic carbocycles. The molecule has 0 radical (unpaired) electrons. The molecule has 0 aromatic rings. The maximum atomic E-state index is 11.4. The molecule has 0 bridgehead atoms. The molecule has 4 heteroatoms. The van der Waals surface area contributed by atoms with Crippen LogP contribution in [0.25, 0.3) is 0 Å². The number of hydrogen-bond donors (Lipinski definition) is 3. The van der Waals surface area contributed by atoms with Crippen LogP contribution in [0.3, 0.4) is 0 Å². The van der Waals surface area contributed by atoms with E-state index in [0.29, 0.717) is 13.0 Å². The van der Waals surface area contributed by atoms with Gasteiger partial charge in [-0.15, -0.1) is 6.58 Å². The van der Waals surface area contributed by atoms with Gasteiger partial charge in [0, 0.05) is 12.5 Å². The summed E-state index contributed by atoms with van der Waals surface area (Å²) in [6.45, 7) is 4.07. The molecule has 3 atom stereocenters. The number of nitrogens with two attached hydrogens (primary N) is 1. The van der Waals surface area contributed by atoms with Crippen LogP contribution in [0.1, 0.15) is 25.7 Å². The van der Waals surface area contributed by atoms with E-state index in [2.05, 4.69) is 11.9 Å². The summed E-state index contributed by atoms with van der Waals surface area (Å²) in [6, 6.07) is -0.513. The van der Waals surface area contributed by atoms with Crippen LogP contribution in [0.15, 0.2) is 12.7 Å². The standard InChI is InChI=1S/C11H20N2O2/c1-2-4-9(12)11(15)13-7-8-5-3-6-10(8)14/h2,8-10,14H,1,3-7,12H2,(H,13,15). The quantitative estimate of drug-likeness (QED) is 0.568. The average molecular weight is 212 g/mol. The Kier molecular flexibility index (Phi) is 4.78. The highest BCUT2D eigenvalue weighted by molar-refractivity contribution is 5.81. The van der Waals surface area contributed by atoms with Crippen molar-refractivity contribution in [3.63, 3.8) is 0 Å². The van der Waals surface area contributed by atoms with Crippen LogP contribution in [0.2, 0.25) is 0 Å². The topological polar surface area (TPSA) is 75.4 Å². The van der Waals surface area contributed by atoms with Gasteiger partial charge in [-0.2, -0.15) is 0 Å². The highest BCUT2D eigenvalue weighted by Crippen LogP contribution is 2.24. The predicted molar refractivity (Wildman–Crippen MR) is 59.1 cm³/mol. The monoisotopic (exact) mass is 212 g/mol. The summed E-state index contributed by atoms with van der Waals surface area (Å²) in [5, 5.41) is 12.3. The second-order valence-corrected chi connectivity index (χ2v) is 4.13. The first-order valence-corrected chi connectivity index (χ1v) is 5.47. The largest absolute Gasteiger partial charge is 0.393 e. The smallest absolute Gasteiger partial charge is 0.237 e. The number of amides is 1. The van der Waals surface area contributed by atoms with Crippen LogP contribution >= 0.6 is 0 Å². The molecule has 0 aliphatic heterocycles. The number of carbonyl (C=O) groups excluding carboxylic acids is 1. The van der Waals surface area contributed by atoms with Crippen LogP contribution in [0.4, 0.5) is 0 Å². The molecule has 0 aromatic heterocycles. The van der Waals surface area contributed by atoms with Crippen molar-refractivity contribution in [3.05, 3.63) is 12.7 Å². The second kappa shape index (κ2) is 5.88. The van der Waals surface area contributed by atoms with Gasteiger partial charge >= 0.3 is 0 Å². The lowest BCUT2D eigenvalue weighted by Crippen LogP contribution is -2.43. The average Bonchev–Trinajstić information content (AvgIpc) is 2.61. The SMILES string of the molecule is C=CCC(N)C(=O)NCC1CCCC1O. The highest BCUT2D eigenvalue weighted by Gasteiger charge is 2.25. The van der Waals surface area contributed by atoms with Gasteiger partial charge in [0.1, 0.15) is 0 Å². The number of nitrogens with one attached hydrogen (secondary N) is 1. The Labute approximate surface area is 90.5 Å². The number of aliphatic hydroxyl groups excluding tert-OH is 1. The van der Waals surface area contributed by atoms with E-state index in [-0.39, 0.29) is 17.9 Å². The summed E-state index contributed by atoms with van der Waals surface area (Å²) in [6.07, 6.45) is 4.73. The van der Waals surface area contributed by atoms with Gasteiger partial charge in [-0.3, -0.25) is 4.79 Å². The van der Waals surface area contributed by atoms with E-state index >= 15 is 0 Å². The first-order valence-electron chi connectivity index (χ1n) is 5.47. The first-order chi connectivity index (χ1) is 7.15. The zero-order valence-electron chi connectivity index (χ0n) is 8.98. The summed E-state index contributed by atoms with van der Waals surface area (Å²) in [5.74, 6) is 0.0406. The van der Waals surface area contributed by atoms with Gasteiger partial charge in [-0.1, -0.05) is 12.5 Å². The molecule has 4 N–H and O–H groups in total.